The summed E-state index contributed by atoms with van der Waals surface area (Å²) in [6, 6.07) is 7.74. The Labute approximate surface area is 146 Å². The number of ether oxygens (including phenoxy) is 1. The second kappa shape index (κ2) is 6.60. The Hall–Kier alpha value is -2.41. The summed E-state index contributed by atoms with van der Waals surface area (Å²) in [5.41, 5.74) is 1.03. The van der Waals surface area contributed by atoms with Crippen LogP contribution in [0, 0.1) is 6.92 Å². The molecule has 24 heavy (non-hydrogen) atoms. The lowest BCUT2D eigenvalue weighted by molar-refractivity contribution is -0.143. The van der Waals surface area contributed by atoms with Gasteiger partial charge in [0.2, 0.25) is 5.88 Å². The number of halogens is 1. The standard InChI is InChI=1S/C17H16BrN3O3/c1-3-24-15(22)9-21-10(2)19-14(17(21)23)8-13-16(18)11-6-4-5-7-12(11)20-13/h4-8,23H,3,9H2,1-2H3. The molecule has 2 aromatic rings. The molecule has 124 valence electrons. The van der Waals surface area contributed by atoms with Gasteiger partial charge in [0.05, 0.1) is 22.1 Å². The molecule has 6 nitrogen and oxygen atoms in total. The Bertz CT molecular complexity index is 960. The number of imidazole rings is 1. The number of nitrogens with zero attached hydrogens (tertiary/aromatic N) is 3. The summed E-state index contributed by atoms with van der Waals surface area (Å²) >= 11 is 3.54. The summed E-state index contributed by atoms with van der Waals surface area (Å²) in [5.74, 6) is 0.0248. The number of para-hydroxylation sites is 1. The first-order valence-electron chi connectivity index (χ1n) is 7.48. The molecule has 2 heterocycles. The molecule has 0 spiro atoms. The zero-order valence-corrected chi connectivity index (χ0v) is 14.9. The van der Waals surface area contributed by atoms with E-state index in [1.165, 1.54) is 4.57 Å². The van der Waals surface area contributed by atoms with Crippen molar-refractivity contribution >= 4 is 32.5 Å². The Morgan fingerprint density at radius 2 is 2.17 bits per heavy atom. The fourth-order valence-electron chi connectivity index (χ4n) is 2.50. The summed E-state index contributed by atoms with van der Waals surface area (Å²) in [7, 11) is 0. The zero-order chi connectivity index (χ0) is 17.3. The predicted octanol–water partition coefficient (Wildman–Crippen LogP) is 1.64. The number of hydrogen-bond donors (Lipinski definition) is 1. The Balaban J connectivity index is 1.98. The van der Waals surface area contributed by atoms with E-state index < -0.39 is 5.97 Å². The van der Waals surface area contributed by atoms with Gasteiger partial charge in [-0.2, -0.15) is 0 Å². The van der Waals surface area contributed by atoms with Gasteiger partial charge in [0.25, 0.3) is 0 Å². The van der Waals surface area contributed by atoms with Gasteiger partial charge in [-0.1, -0.05) is 18.2 Å². The van der Waals surface area contributed by atoms with E-state index >= 15 is 0 Å². The highest BCUT2D eigenvalue weighted by molar-refractivity contribution is 9.15. The van der Waals surface area contributed by atoms with Crippen LogP contribution in [0.1, 0.15) is 18.4 Å². The maximum absolute atomic E-state index is 11.6. The fraction of sp³-hybridized carbons (Fsp3) is 0.235. The first-order valence-corrected chi connectivity index (χ1v) is 8.28. The van der Waals surface area contributed by atoms with Gasteiger partial charge in [-0.25, -0.2) is 9.98 Å². The number of hydrogen-bond acceptors (Lipinski definition) is 5. The lowest BCUT2D eigenvalue weighted by Gasteiger charge is -2.05. The third kappa shape index (κ3) is 2.99. The number of benzene rings is 1. The van der Waals surface area contributed by atoms with Crippen LogP contribution in [-0.2, 0) is 16.1 Å². The Morgan fingerprint density at radius 1 is 1.42 bits per heavy atom. The number of esters is 1. The molecule has 7 heteroatoms. The third-order valence-electron chi connectivity index (χ3n) is 3.63. The second-order valence-electron chi connectivity index (χ2n) is 5.23. The lowest BCUT2D eigenvalue weighted by Crippen LogP contribution is -2.20. The first kappa shape index (κ1) is 16.4. The van der Waals surface area contributed by atoms with Crippen molar-refractivity contribution in [3.8, 4) is 5.88 Å². The molecule has 0 atom stereocenters. The highest BCUT2D eigenvalue weighted by Crippen LogP contribution is 2.27. The van der Waals surface area contributed by atoms with Crippen LogP contribution in [0.25, 0.3) is 10.6 Å². The van der Waals surface area contributed by atoms with E-state index in [1.54, 1.807) is 19.9 Å². The highest BCUT2D eigenvalue weighted by atomic mass is 79.9. The van der Waals surface area contributed by atoms with Gasteiger partial charge in [0.15, 0.2) is 0 Å². The highest BCUT2D eigenvalue weighted by Gasteiger charge is 2.18. The molecule has 0 amide bonds. The maximum atomic E-state index is 11.6. The molecule has 0 aliphatic carbocycles. The monoisotopic (exact) mass is 389 g/mol. The van der Waals surface area contributed by atoms with Crippen molar-refractivity contribution < 1.29 is 14.6 Å². The number of aromatic nitrogens is 2. The second-order valence-corrected chi connectivity index (χ2v) is 6.02. The number of aryl methyl sites for hydroxylation is 1. The van der Waals surface area contributed by atoms with Gasteiger partial charge < -0.3 is 9.84 Å². The number of carbonyl (C=O) groups excluding carboxylic acids is 1. The molecule has 1 N–H and O–H groups in total. The minimum Gasteiger partial charge on any atom is -0.493 e. The summed E-state index contributed by atoms with van der Waals surface area (Å²) < 4.78 is 7.17. The minimum absolute atomic E-state index is 0.0794. The number of rotatable bonds is 4. The first-order chi connectivity index (χ1) is 11.5. The molecule has 3 rings (SSSR count). The molecule has 0 unspecified atom stereocenters. The van der Waals surface area contributed by atoms with E-state index in [-0.39, 0.29) is 12.4 Å². The Kier molecular flexibility index (Phi) is 4.53. The van der Waals surface area contributed by atoms with Gasteiger partial charge in [0, 0.05) is 5.22 Å². The molecule has 0 saturated heterocycles. The quantitative estimate of drug-likeness (QED) is 0.806. The van der Waals surface area contributed by atoms with Crippen LogP contribution in [-0.4, -0.2) is 27.2 Å². The molecule has 1 aliphatic heterocycles. The predicted molar refractivity (Wildman–Crippen MR) is 92.8 cm³/mol. The largest absolute Gasteiger partial charge is 0.493 e. The van der Waals surface area contributed by atoms with Crippen molar-refractivity contribution in [3.63, 3.8) is 0 Å². The van der Waals surface area contributed by atoms with Gasteiger partial charge >= 0.3 is 5.97 Å². The van der Waals surface area contributed by atoms with Gasteiger partial charge in [-0.3, -0.25) is 9.36 Å². The van der Waals surface area contributed by atoms with Crippen molar-refractivity contribution in [2.45, 2.75) is 20.4 Å². The molecular weight excluding hydrogens is 374 g/mol. The van der Waals surface area contributed by atoms with Crippen molar-refractivity contribution in [3.05, 3.63) is 52.1 Å². The van der Waals surface area contributed by atoms with Crippen LogP contribution in [0.5, 0.6) is 5.88 Å². The van der Waals surface area contributed by atoms with E-state index in [0.29, 0.717) is 23.8 Å². The smallest absolute Gasteiger partial charge is 0.326 e. The van der Waals surface area contributed by atoms with Crippen LogP contribution in [0.3, 0.4) is 0 Å². The molecule has 1 aromatic carbocycles. The minimum atomic E-state index is -0.418. The molecule has 0 saturated carbocycles. The van der Waals surface area contributed by atoms with Gasteiger partial charge in [0.1, 0.15) is 18.1 Å². The molecule has 1 aliphatic rings. The molecule has 1 aromatic heterocycles. The zero-order valence-electron chi connectivity index (χ0n) is 13.3. The van der Waals surface area contributed by atoms with Crippen LogP contribution >= 0.6 is 15.9 Å². The molecular formula is C17H16BrN3O3. The van der Waals surface area contributed by atoms with Crippen LogP contribution in [0.15, 0.2) is 35.0 Å². The van der Waals surface area contributed by atoms with Crippen molar-refractivity contribution in [1.82, 2.24) is 9.55 Å². The number of aromatic hydroxyl groups is 1. The van der Waals surface area contributed by atoms with Crippen molar-refractivity contribution in [2.75, 3.05) is 6.61 Å². The summed E-state index contributed by atoms with van der Waals surface area (Å²) in [6.45, 7) is 3.68. The average molecular weight is 390 g/mol. The van der Waals surface area contributed by atoms with Crippen molar-refractivity contribution in [1.29, 1.82) is 0 Å². The third-order valence-corrected chi connectivity index (χ3v) is 4.46. The summed E-state index contributed by atoms with van der Waals surface area (Å²) in [5, 5.41) is 12.2. The molecule has 0 fully saturated rings. The average Bonchev–Trinajstić information content (AvgIpc) is 3.00. The molecule has 0 radical (unpaired) electrons. The van der Waals surface area contributed by atoms with E-state index in [9.17, 15) is 9.90 Å². The van der Waals surface area contributed by atoms with E-state index in [4.69, 9.17) is 4.74 Å². The number of allylic oxidation sites excluding steroid dienone is 1. The van der Waals surface area contributed by atoms with E-state index in [1.807, 2.05) is 24.3 Å². The van der Waals surface area contributed by atoms with Crippen LogP contribution in [0.4, 0.5) is 0 Å². The van der Waals surface area contributed by atoms with E-state index in [0.717, 1.165) is 15.1 Å². The van der Waals surface area contributed by atoms with Gasteiger partial charge in [-0.05, 0) is 41.9 Å². The molecule has 0 bridgehead atoms. The number of carbonyl (C=O) groups is 1. The van der Waals surface area contributed by atoms with Crippen LogP contribution in [0.2, 0.25) is 0 Å². The topological polar surface area (TPSA) is 76.7 Å². The lowest BCUT2D eigenvalue weighted by atomic mass is 10.2. The van der Waals surface area contributed by atoms with Crippen LogP contribution < -0.4 is 10.6 Å². The summed E-state index contributed by atoms with van der Waals surface area (Å²) in [6.07, 6.45) is 1.69. The normalized spacial score (nSPS) is 14.6. The number of fused-ring (bicyclic) bond motifs is 1. The maximum Gasteiger partial charge on any atom is 0.326 e. The van der Waals surface area contributed by atoms with Crippen molar-refractivity contribution in [2.24, 2.45) is 4.99 Å². The Morgan fingerprint density at radius 3 is 2.88 bits per heavy atom. The fourth-order valence-corrected chi connectivity index (χ4v) is 3.04. The van der Waals surface area contributed by atoms with E-state index in [2.05, 4.69) is 25.9 Å². The summed E-state index contributed by atoms with van der Waals surface area (Å²) in [4.78, 5) is 20.5. The van der Waals surface area contributed by atoms with Gasteiger partial charge in [-0.15, -0.1) is 0 Å². The SMILES string of the molecule is CCOC(=O)Cn1c(C)nc(C=C2N=c3ccccc3=C2Br)c1O.